The van der Waals surface area contributed by atoms with Crippen LogP contribution in [0.15, 0.2) is 39.8 Å². The molecule has 0 saturated carbocycles. The van der Waals surface area contributed by atoms with Gasteiger partial charge in [0.05, 0.1) is 0 Å². The van der Waals surface area contributed by atoms with Crippen molar-refractivity contribution in [2.24, 2.45) is 4.40 Å². The molecule has 0 amide bonds. The fourth-order valence-corrected chi connectivity index (χ4v) is 3.03. The van der Waals surface area contributed by atoms with Crippen molar-refractivity contribution in [3.05, 3.63) is 41.6 Å². The van der Waals surface area contributed by atoms with E-state index in [1.165, 1.54) is 10.7 Å². The summed E-state index contributed by atoms with van der Waals surface area (Å²) in [6.45, 7) is 1.80. The number of nitrogens with zero attached hydrogens (tertiary/aromatic N) is 3. The second-order valence-electron chi connectivity index (χ2n) is 4.03. The van der Waals surface area contributed by atoms with Crippen molar-refractivity contribution in [1.82, 2.24) is 9.78 Å². The molecule has 0 atom stereocenters. The summed E-state index contributed by atoms with van der Waals surface area (Å²) in [5, 5.41) is 4.06. The number of nitrogen functional groups attached to an aromatic ring is 1. The molecule has 92 valence electrons. The van der Waals surface area contributed by atoms with E-state index >= 15 is 0 Å². The largest absolute Gasteiger partial charge is 0.382 e. The van der Waals surface area contributed by atoms with Gasteiger partial charge in [0.1, 0.15) is 10.7 Å². The fraction of sp³-hybridized carbons (Fsp3) is 0.0909. The van der Waals surface area contributed by atoms with Crippen LogP contribution in [0.4, 0.5) is 5.82 Å². The summed E-state index contributed by atoms with van der Waals surface area (Å²) in [6.07, 6.45) is 1.66. The number of benzene rings is 1. The van der Waals surface area contributed by atoms with Gasteiger partial charge in [-0.1, -0.05) is 12.1 Å². The summed E-state index contributed by atoms with van der Waals surface area (Å²) in [5.74, 6) is 0.643. The number of anilines is 1. The molecule has 0 saturated heterocycles. The highest BCUT2D eigenvalue weighted by Crippen LogP contribution is 2.26. The van der Waals surface area contributed by atoms with E-state index in [0.717, 1.165) is 5.56 Å². The maximum absolute atomic E-state index is 11.9. The molecule has 2 N–H and O–H groups in total. The Bertz CT molecular complexity index is 755. The van der Waals surface area contributed by atoms with E-state index in [1.807, 2.05) is 0 Å². The highest BCUT2D eigenvalue weighted by Gasteiger charge is 2.29. The third-order valence-electron chi connectivity index (χ3n) is 2.76. The molecule has 0 aliphatic carbocycles. The highest BCUT2D eigenvalue weighted by atomic mass is 32.2. The molecule has 0 bridgehead atoms. The van der Waals surface area contributed by atoms with Crippen molar-refractivity contribution in [2.75, 3.05) is 5.73 Å². The van der Waals surface area contributed by atoms with E-state index in [9.17, 15) is 8.42 Å². The van der Waals surface area contributed by atoms with Gasteiger partial charge in [-0.2, -0.15) is 8.42 Å². The summed E-state index contributed by atoms with van der Waals surface area (Å²) >= 11 is 0. The van der Waals surface area contributed by atoms with Crippen molar-refractivity contribution >= 4 is 21.7 Å². The fourth-order valence-electron chi connectivity index (χ4n) is 1.84. The average Bonchev–Trinajstić information content (AvgIpc) is 2.79. The van der Waals surface area contributed by atoms with Crippen LogP contribution in [0.25, 0.3) is 0 Å². The van der Waals surface area contributed by atoms with Crippen LogP contribution in [-0.4, -0.2) is 24.0 Å². The first-order chi connectivity index (χ1) is 8.49. The first-order valence-corrected chi connectivity index (χ1v) is 6.69. The van der Waals surface area contributed by atoms with Crippen LogP contribution >= 0.6 is 0 Å². The Morgan fingerprint density at radius 3 is 2.67 bits per heavy atom. The molecule has 2 heterocycles. The lowest BCUT2D eigenvalue weighted by Crippen LogP contribution is -2.12. The Kier molecular flexibility index (Phi) is 2.09. The Labute approximate surface area is 104 Å². The molecule has 2 aromatic rings. The minimum absolute atomic E-state index is 0.201. The Hall–Kier alpha value is -2.15. The van der Waals surface area contributed by atoms with Crippen LogP contribution in [0.3, 0.4) is 0 Å². The zero-order valence-electron chi connectivity index (χ0n) is 9.53. The van der Waals surface area contributed by atoms with E-state index in [4.69, 9.17) is 5.73 Å². The van der Waals surface area contributed by atoms with Gasteiger partial charge in [-0.25, -0.2) is 4.68 Å². The summed E-state index contributed by atoms with van der Waals surface area (Å²) < 4.78 is 28.9. The smallest absolute Gasteiger partial charge is 0.285 e. The van der Waals surface area contributed by atoms with Gasteiger partial charge < -0.3 is 5.73 Å². The third kappa shape index (κ3) is 1.44. The Morgan fingerprint density at radius 2 is 2.00 bits per heavy atom. The quantitative estimate of drug-likeness (QED) is 0.759. The van der Waals surface area contributed by atoms with Crippen LogP contribution in [0.2, 0.25) is 0 Å². The molecule has 1 aromatic carbocycles. The normalized spacial score (nSPS) is 16.4. The molecule has 3 rings (SSSR count). The van der Waals surface area contributed by atoms with E-state index in [0.29, 0.717) is 11.4 Å². The van der Waals surface area contributed by atoms with Crippen molar-refractivity contribution in [3.63, 3.8) is 0 Å². The van der Waals surface area contributed by atoms with Gasteiger partial charge in [-0.05, 0) is 19.1 Å². The molecule has 1 aromatic heterocycles. The number of aromatic nitrogens is 2. The van der Waals surface area contributed by atoms with E-state index < -0.39 is 10.0 Å². The number of hydrogen-bond acceptors (Lipinski definition) is 4. The van der Waals surface area contributed by atoms with Crippen molar-refractivity contribution in [2.45, 2.75) is 11.8 Å². The SMILES string of the molecule is Cc1cn(C2=NS(=O)(=O)c3ccccc32)nc1N. The Morgan fingerprint density at radius 1 is 1.28 bits per heavy atom. The van der Waals surface area contributed by atoms with Gasteiger partial charge in [0.25, 0.3) is 10.0 Å². The monoisotopic (exact) mass is 262 g/mol. The van der Waals surface area contributed by atoms with E-state index in [1.54, 1.807) is 31.3 Å². The van der Waals surface area contributed by atoms with E-state index in [2.05, 4.69) is 9.50 Å². The zero-order valence-corrected chi connectivity index (χ0v) is 10.3. The van der Waals surface area contributed by atoms with Gasteiger partial charge in [0, 0.05) is 17.3 Å². The number of fused-ring (bicyclic) bond motifs is 1. The summed E-state index contributed by atoms with van der Waals surface area (Å²) in [4.78, 5) is 0.201. The standard InChI is InChI=1S/C11H10N4O2S/c1-7-6-15(13-10(7)12)11-8-4-2-3-5-9(8)18(16,17)14-11/h2-6H,1H3,(H2,12,13). The second kappa shape index (κ2) is 3.42. The number of hydrogen-bond donors (Lipinski definition) is 1. The van der Waals surface area contributed by atoms with Gasteiger partial charge >= 0.3 is 0 Å². The highest BCUT2D eigenvalue weighted by molar-refractivity contribution is 7.90. The Balaban J connectivity index is 2.27. The minimum Gasteiger partial charge on any atom is -0.382 e. The molecule has 1 aliphatic heterocycles. The minimum atomic E-state index is -3.62. The second-order valence-corrected chi connectivity index (χ2v) is 5.60. The summed E-state index contributed by atoms with van der Waals surface area (Å²) in [7, 11) is -3.62. The molecule has 1 aliphatic rings. The maximum Gasteiger partial charge on any atom is 0.285 e. The van der Waals surface area contributed by atoms with Crippen LogP contribution < -0.4 is 5.73 Å². The molecular weight excluding hydrogens is 252 g/mol. The third-order valence-corrected chi connectivity index (χ3v) is 4.09. The van der Waals surface area contributed by atoms with Crippen LogP contribution in [-0.2, 0) is 10.0 Å². The lowest BCUT2D eigenvalue weighted by atomic mass is 10.2. The van der Waals surface area contributed by atoms with E-state index in [-0.39, 0.29) is 10.7 Å². The lowest BCUT2D eigenvalue weighted by Gasteiger charge is -2.00. The first kappa shape index (κ1) is 11.0. The summed E-state index contributed by atoms with van der Waals surface area (Å²) in [6, 6.07) is 6.65. The molecule has 0 spiro atoms. The molecular formula is C11H10N4O2S. The first-order valence-electron chi connectivity index (χ1n) is 5.25. The van der Waals surface area contributed by atoms with Gasteiger partial charge in [-0.3, -0.25) is 0 Å². The molecule has 18 heavy (non-hydrogen) atoms. The predicted molar refractivity (Wildman–Crippen MR) is 66.9 cm³/mol. The van der Waals surface area contributed by atoms with Crippen LogP contribution in [0.5, 0.6) is 0 Å². The van der Waals surface area contributed by atoms with Crippen molar-refractivity contribution in [3.8, 4) is 0 Å². The predicted octanol–water partition coefficient (Wildman–Crippen LogP) is 0.771. The van der Waals surface area contributed by atoms with Gasteiger partial charge in [-0.15, -0.1) is 9.50 Å². The number of aryl methyl sites for hydroxylation is 1. The molecule has 7 heteroatoms. The zero-order chi connectivity index (χ0) is 12.9. The maximum atomic E-state index is 11.9. The van der Waals surface area contributed by atoms with Crippen molar-refractivity contribution < 1.29 is 8.42 Å². The molecule has 0 fully saturated rings. The molecule has 0 unspecified atom stereocenters. The number of sulfonamides is 1. The lowest BCUT2D eigenvalue weighted by molar-refractivity contribution is 0.599. The number of rotatable bonds is 0. The van der Waals surface area contributed by atoms with Crippen LogP contribution in [0, 0.1) is 6.92 Å². The van der Waals surface area contributed by atoms with Crippen molar-refractivity contribution in [1.29, 1.82) is 0 Å². The molecule has 0 radical (unpaired) electrons. The topological polar surface area (TPSA) is 90.3 Å². The van der Waals surface area contributed by atoms with Gasteiger partial charge in [0.2, 0.25) is 0 Å². The van der Waals surface area contributed by atoms with Gasteiger partial charge in [0.15, 0.2) is 5.84 Å². The summed E-state index contributed by atoms with van der Waals surface area (Å²) in [5.41, 5.74) is 6.98. The average molecular weight is 262 g/mol. The molecule has 6 nitrogen and oxygen atoms in total. The number of nitrogens with two attached hydrogens (primary N) is 1. The van der Waals surface area contributed by atoms with Crippen LogP contribution in [0.1, 0.15) is 11.1 Å².